The summed E-state index contributed by atoms with van der Waals surface area (Å²) in [5.41, 5.74) is 0. The van der Waals surface area contributed by atoms with Crippen molar-refractivity contribution in [2.75, 3.05) is 13.2 Å². The molecule has 1 aliphatic rings. The number of rotatable bonds is 13. The van der Waals surface area contributed by atoms with Gasteiger partial charge in [0.05, 0.1) is 10.9 Å². The summed E-state index contributed by atoms with van der Waals surface area (Å²) in [6.07, 6.45) is 11.3. The molecule has 0 amide bonds. The first-order valence-electron chi connectivity index (χ1n) is 9.56. The predicted octanol–water partition coefficient (Wildman–Crippen LogP) is 4.39. The van der Waals surface area contributed by atoms with E-state index in [1.165, 1.54) is 12.8 Å². The van der Waals surface area contributed by atoms with E-state index in [0.29, 0.717) is 6.54 Å². The molecular formula is C18H37NO3S. The van der Waals surface area contributed by atoms with Crippen molar-refractivity contribution in [3.63, 3.8) is 0 Å². The molecule has 5 heteroatoms. The molecule has 1 aliphatic heterocycles. The average molecular weight is 348 g/mol. The van der Waals surface area contributed by atoms with E-state index in [1.807, 2.05) is 6.92 Å². The zero-order chi connectivity index (χ0) is 17.2. The van der Waals surface area contributed by atoms with Gasteiger partial charge < -0.3 is 4.74 Å². The quantitative estimate of drug-likeness (QED) is 0.503. The molecule has 0 aromatic heterocycles. The second-order valence-corrected chi connectivity index (χ2v) is 9.49. The first-order chi connectivity index (χ1) is 10.9. The zero-order valence-corrected chi connectivity index (χ0v) is 16.2. The fraction of sp³-hybridized carbons (Fsp3) is 1.00. The van der Waals surface area contributed by atoms with Gasteiger partial charge in [0.1, 0.15) is 0 Å². The maximum atomic E-state index is 12.9. The molecular weight excluding hydrogens is 310 g/mol. The van der Waals surface area contributed by atoms with Gasteiger partial charge in [-0.1, -0.05) is 58.8 Å². The van der Waals surface area contributed by atoms with Crippen LogP contribution in [-0.2, 0) is 14.8 Å². The summed E-state index contributed by atoms with van der Waals surface area (Å²) in [4.78, 5) is 0. The lowest BCUT2D eigenvalue weighted by Gasteiger charge is -2.30. The van der Waals surface area contributed by atoms with Crippen molar-refractivity contribution in [2.24, 2.45) is 0 Å². The second kappa shape index (κ2) is 10.7. The predicted molar refractivity (Wildman–Crippen MR) is 97.2 cm³/mol. The molecule has 0 bridgehead atoms. The molecule has 138 valence electrons. The van der Waals surface area contributed by atoms with Crippen LogP contribution >= 0.6 is 0 Å². The summed E-state index contributed by atoms with van der Waals surface area (Å²) in [6, 6.07) is 0. The van der Waals surface area contributed by atoms with Crippen molar-refractivity contribution in [3.05, 3.63) is 0 Å². The van der Waals surface area contributed by atoms with Crippen molar-refractivity contribution in [3.8, 4) is 0 Å². The van der Waals surface area contributed by atoms with Crippen LogP contribution in [0, 0.1) is 0 Å². The Labute approximate surface area is 143 Å². The fourth-order valence-electron chi connectivity index (χ4n) is 3.25. The minimum absolute atomic E-state index is 0.0600. The summed E-state index contributed by atoms with van der Waals surface area (Å²) in [6.45, 7) is 7.47. The Hall–Kier alpha value is -0.130. The van der Waals surface area contributed by atoms with Gasteiger partial charge in [0.25, 0.3) is 0 Å². The molecule has 2 atom stereocenters. The van der Waals surface area contributed by atoms with Crippen molar-refractivity contribution in [1.82, 2.24) is 4.72 Å². The Bertz CT molecular complexity index is 404. The summed E-state index contributed by atoms with van der Waals surface area (Å²) >= 11 is 0. The van der Waals surface area contributed by atoms with Crippen LogP contribution in [-0.4, -0.2) is 32.4 Å². The van der Waals surface area contributed by atoms with Crippen LogP contribution in [0.5, 0.6) is 0 Å². The molecule has 0 aromatic carbocycles. The Morgan fingerprint density at radius 2 is 1.65 bits per heavy atom. The molecule has 0 spiro atoms. The first kappa shape index (κ1) is 20.9. The molecule has 23 heavy (non-hydrogen) atoms. The topological polar surface area (TPSA) is 55.4 Å². The highest BCUT2D eigenvalue weighted by Gasteiger charge is 2.38. The van der Waals surface area contributed by atoms with E-state index in [9.17, 15) is 8.42 Å². The van der Waals surface area contributed by atoms with Crippen LogP contribution in [0.15, 0.2) is 0 Å². The maximum Gasteiger partial charge on any atom is 0.217 e. The molecule has 0 aromatic rings. The normalized spacial score (nSPS) is 21.4. The van der Waals surface area contributed by atoms with Gasteiger partial charge in [-0.05, 0) is 32.6 Å². The first-order valence-corrected chi connectivity index (χ1v) is 11.0. The lowest BCUT2D eigenvalue weighted by Crippen LogP contribution is -2.46. The Kier molecular flexibility index (Phi) is 9.71. The minimum atomic E-state index is -3.31. The summed E-state index contributed by atoms with van der Waals surface area (Å²) in [5, 5.41) is 0. The number of hydrogen-bond acceptors (Lipinski definition) is 3. The smallest absolute Gasteiger partial charge is 0.217 e. The second-order valence-electron chi connectivity index (χ2n) is 7.20. The number of hydrogen-bond donors (Lipinski definition) is 1. The maximum absolute atomic E-state index is 12.9. The van der Waals surface area contributed by atoms with Crippen molar-refractivity contribution in [2.45, 2.75) is 102 Å². The molecule has 0 aliphatic carbocycles. The standard InChI is InChI=1S/C18H37NO3S/c1-4-6-8-10-14-18(3,13-9-7-5-2)23(20,21)19-16-17-12-11-15-22-17/h17,19H,4-16H2,1-3H3. The number of sulfonamides is 1. The third-order valence-corrected chi connectivity index (χ3v) is 7.29. The average Bonchev–Trinajstić information content (AvgIpc) is 3.03. The van der Waals surface area contributed by atoms with Gasteiger partial charge in [-0.25, -0.2) is 13.1 Å². The van der Waals surface area contributed by atoms with Gasteiger partial charge >= 0.3 is 0 Å². The summed E-state index contributed by atoms with van der Waals surface area (Å²) < 4.78 is 33.6. The summed E-state index contributed by atoms with van der Waals surface area (Å²) in [7, 11) is -3.31. The number of ether oxygens (including phenoxy) is 1. The highest BCUT2D eigenvalue weighted by atomic mass is 32.2. The molecule has 1 rings (SSSR count). The Morgan fingerprint density at radius 1 is 1.04 bits per heavy atom. The lowest BCUT2D eigenvalue weighted by atomic mass is 9.95. The van der Waals surface area contributed by atoms with Crippen LogP contribution in [0.3, 0.4) is 0 Å². The third kappa shape index (κ3) is 7.10. The highest BCUT2D eigenvalue weighted by Crippen LogP contribution is 2.30. The van der Waals surface area contributed by atoms with E-state index in [1.54, 1.807) is 0 Å². The fourth-order valence-corrected chi connectivity index (χ4v) is 4.83. The van der Waals surface area contributed by atoms with Crippen molar-refractivity contribution >= 4 is 10.0 Å². The van der Waals surface area contributed by atoms with Gasteiger partial charge in [0, 0.05) is 13.2 Å². The van der Waals surface area contributed by atoms with E-state index in [0.717, 1.165) is 64.4 Å². The van der Waals surface area contributed by atoms with E-state index in [2.05, 4.69) is 18.6 Å². The largest absolute Gasteiger partial charge is 0.377 e. The van der Waals surface area contributed by atoms with E-state index in [-0.39, 0.29) is 6.10 Å². The third-order valence-electron chi connectivity index (χ3n) is 5.04. The minimum Gasteiger partial charge on any atom is -0.377 e. The van der Waals surface area contributed by atoms with Crippen LogP contribution < -0.4 is 4.72 Å². The van der Waals surface area contributed by atoms with Crippen LogP contribution in [0.25, 0.3) is 0 Å². The molecule has 2 unspecified atom stereocenters. The molecule has 0 saturated carbocycles. The number of nitrogens with one attached hydrogen (secondary N) is 1. The zero-order valence-electron chi connectivity index (χ0n) is 15.4. The molecule has 1 fully saturated rings. The highest BCUT2D eigenvalue weighted by molar-refractivity contribution is 7.90. The van der Waals surface area contributed by atoms with Gasteiger partial charge in [0.15, 0.2) is 0 Å². The van der Waals surface area contributed by atoms with E-state index < -0.39 is 14.8 Å². The monoisotopic (exact) mass is 347 g/mol. The molecule has 0 radical (unpaired) electrons. The van der Waals surface area contributed by atoms with Gasteiger partial charge in [-0.3, -0.25) is 0 Å². The molecule has 1 saturated heterocycles. The van der Waals surface area contributed by atoms with Crippen LogP contribution in [0.1, 0.15) is 91.4 Å². The van der Waals surface area contributed by atoms with Crippen molar-refractivity contribution < 1.29 is 13.2 Å². The molecule has 4 nitrogen and oxygen atoms in total. The van der Waals surface area contributed by atoms with Gasteiger partial charge in [-0.15, -0.1) is 0 Å². The summed E-state index contributed by atoms with van der Waals surface area (Å²) in [5.74, 6) is 0. The van der Waals surface area contributed by atoms with Gasteiger partial charge in [0.2, 0.25) is 10.0 Å². The van der Waals surface area contributed by atoms with E-state index in [4.69, 9.17) is 4.74 Å². The van der Waals surface area contributed by atoms with Crippen LogP contribution in [0.2, 0.25) is 0 Å². The Morgan fingerprint density at radius 3 is 2.22 bits per heavy atom. The van der Waals surface area contributed by atoms with Crippen molar-refractivity contribution in [1.29, 1.82) is 0 Å². The van der Waals surface area contributed by atoms with Crippen LogP contribution in [0.4, 0.5) is 0 Å². The van der Waals surface area contributed by atoms with Gasteiger partial charge in [-0.2, -0.15) is 0 Å². The molecule has 1 heterocycles. The SMILES string of the molecule is CCCCCCC(C)(CCCCC)S(=O)(=O)NCC1CCCO1. The van der Waals surface area contributed by atoms with E-state index >= 15 is 0 Å². The molecule has 1 N–H and O–H groups in total. The lowest BCUT2D eigenvalue weighted by molar-refractivity contribution is 0.114. The Balaban J connectivity index is 2.61. The number of unbranched alkanes of at least 4 members (excludes halogenated alkanes) is 5.